The first kappa shape index (κ1) is 17.0. The van der Waals surface area contributed by atoms with Crippen LogP contribution in [0.25, 0.3) is 11.3 Å². The molecule has 0 amide bonds. The maximum Gasteiger partial charge on any atom is 0.122 e. The molecule has 1 fully saturated rings. The maximum atomic E-state index is 5.93. The topological polar surface area (TPSA) is 70.0 Å². The van der Waals surface area contributed by atoms with Gasteiger partial charge >= 0.3 is 0 Å². The molecule has 4 rings (SSSR count). The molecule has 0 radical (unpaired) electrons. The molecule has 1 aliphatic rings. The summed E-state index contributed by atoms with van der Waals surface area (Å²) in [6.45, 7) is 5.89. The minimum atomic E-state index is 0.278. The van der Waals surface area contributed by atoms with E-state index in [-0.39, 0.29) is 6.04 Å². The van der Waals surface area contributed by atoms with Crippen molar-refractivity contribution >= 4 is 0 Å². The third-order valence-corrected chi connectivity index (χ3v) is 4.99. The normalized spacial score (nSPS) is 16.2. The minimum absolute atomic E-state index is 0.278. The van der Waals surface area contributed by atoms with Gasteiger partial charge in [0.05, 0.1) is 17.9 Å². The Hall–Kier alpha value is -2.44. The number of likely N-dealkylation sites (tertiary alicyclic amines) is 1. The summed E-state index contributed by atoms with van der Waals surface area (Å²) in [6, 6.07) is 8.42. The number of nitrogens with zero attached hydrogens (tertiary/aromatic N) is 3. The van der Waals surface area contributed by atoms with Crippen molar-refractivity contribution in [1.29, 1.82) is 0 Å². The number of H-pyrrole nitrogens is 1. The van der Waals surface area contributed by atoms with Crippen molar-refractivity contribution in [2.45, 2.75) is 32.4 Å². The summed E-state index contributed by atoms with van der Waals surface area (Å²) in [5.74, 6) is 2.02. The van der Waals surface area contributed by atoms with Gasteiger partial charge in [0.15, 0.2) is 0 Å². The van der Waals surface area contributed by atoms with Crippen molar-refractivity contribution in [3.63, 3.8) is 0 Å². The molecule has 1 aliphatic heterocycles. The third-order valence-electron chi connectivity index (χ3n) is 4.99. The van der Waals surface area contributed by atoms with Gasteiger partial charge < -0.3 is 9.73 Å². The average Bonchev–Trinajstić information content (AvgIpc) is 3.42. The lowest BCUT2D eigenvalue weighted by atomic mass is 10.1. The van der Waals surface area contributed by atoms with Crippen molar-refractivity contribution in [1.82, 2.24) is 25.4 Å². The van der Waals surface area contributed by atoms with Crippen molar-refractivity contribution < 1.29 is 4.42 Å². The van der Waals surface area contributed by atoms with Gasteiger partial charge in [-0.3, -0.25) is 15.0 Å². The predicted molar refractivity (Wildman–Crippen MR) is 101 cm³/mol. The van der Waals surface area contributed by atoms with Gasteiger partial charge in [-0.25, -0.2) is 0 Å². The first-order valence-corrected chi connectivity index (χ1v) is 9.25. The molecule has 26 heavy (non-hydrogen) atoms. The summed E-state index contributed by atoms with van der Waals surface area (Å²) in [7, 11) is 0. The highest BCUT2D eigenvalue weighted by atomic mass is 16.3. The van der Waals surface area contributed by atoms with Crippen molar-refractivity contribution in [3.8, 4) is 11.3 Å². The summed E-state index contributed by atoms with van der Waals surface area (Å²) >= 11 is 0. The Morgan fingerprint density at radius 2 is 2.12 bits per heavy atom. The van der Waals surface area contributed by atoms with Crippen LogP contribution in [0.2, 0.25) is 0 Å². The standard InChI is InChI=1S/C20H25N5O/c1-15-6-7-19(26-15)18(25-9-2-3-10-25)14-22-12-17-13-23-24-20(17)16-5-4-8-21-11-16/h4-8,11,13,18,22H,2-3,9-10,12,14H2,1H3,(H,23,24). The molecule has 3 aromatic heterocycles. The van der Waals surface area contributed by atoms with E-state index in [0.29, 0.717) is 0 Å². The Morgan fingerprint density at radius 3 is 2.85 bits per heavy atom. The monoisotopic (exact) mass is 351 g/mol. The number of furan rings is 1. The minimum Gasteiger partial charge on any atom is -0.465 e. The molecule has 0 aromatic carbocycles. The van der Waals surface area contributed by atoms with Crippen LogP contribution >= 0.6 is 0 Å². The first-order valence-electron chi connectivity index (χ1n) is 9.25. The molecule has 0 aliphatic carbocycles. The summed E-state index contributed by atoms with van der Waals surface area (Å²) in [5, 5.41) is 10.9. The molecule has 4 heterocycles. The number of aryl methyl sites for hydroxylation is 1. The van der Waals surface area contributed by atoms with Crippen LogP contribution in [0.1, 0.15) is 36.0 Å². The highest BCUT2D eigenvalue weighted by Gasteiger charge is 2.25. The lowest BCUT2D eigenvalue weighted by Crippen LogP contribution is -2.33. The Balaban J connectivity index is 1.43. The number of rotatable bonds is 7. The van der Waals surface area contributed by atoms with Crippen LogP contribution in [0.4, 0.5) is 0 Å². The van der Waals surface area contributed by atoms with Crippen LogP contribution in [0, 0.1) is 6.92 Å². The Kier molecular flexibility index (Phi) is 5.13. The zero-order valence-electron chi connectivity index (χ0n) is 15.1. The van der Waals surface area contributed by atoms with Gasteiger partial charge in [0.25, 0.3) is 0 Å². The van der Waals surface area contributed by atoms with E-state index in [0.717, 1.165) is 54.5 Å². The summed E-state index contributed by atoms with van der Waals surface area (Å²) in [4.78, 5) is 6.71. The summed E-state index contributed by atoms with van der Waals surface area (Å²) in [6.07, 6.45) is 8.06. The van der Waals surface area contributed by atoms with Gasteiger partial charge in [0, 0.05) is 36.6 Å². The van der Waals surface area contributed by atoms with Crippen LogP contribution in [-0.4, -0.2) is 39.7 Å². The molecule has 0 spiro atoms. The van der Waals surface area contributed by atoms with Crippen molar-refractivity contribution in [2.75, 3.05) is 19.6 Å². The number of aromatic nitrogens is 3. The molecule has 1 saturated heterocycles. The van der Waals surface area contributed by atoms with Crippen LogP contribution < -0.4 is 5.32 Å². The second-order valence-electron chi connectivity index (χ2n) is 6.85. The Morgan fingerprint density at radius 1 is 1.23 bits per heavy atom. The van der Waals surface area contributed by atoms with Gasteiger partial charge in [-0.1, -0.05) is 0 Å². The molecule has 3 aromatic rings. The zero-order valence-corrected chi connectivity index (χ0v) is 15.1. The quantitative estimate of drug-likeness (QED) is 0.683. The van der Waals surface area contributed by atoms with Gasteiger partial charge in [0.2, 0.25) is 0 Å². The highest BCUT2D eigenvalue weighted by molar-refractivity contribution is 5.61. The van der Waals surface area contributed by atoms with Gasteiger partial charge in [-0.15, -0.1) is 0 Å². The summed E-state index contributed by atoms with van der Waals surface area (Å²) < 4.78 is 5.93. The molecule has 2 N–H and O–H groups in total. The molecule has 1 atom stereocenters. The molecule has 0 saturated carbocycles. The smallest absolute Gasteiger partial charge is 0.122 e. The number of pyridine rings is 1. The highest BCUT2D eigenvalue weighted by Crippen LogP contribution is 2.26. The number of hydrogen-bond acceptors (Lipinski definition) is 5. The average molecular weight is 351 g/mol. The molecular formula is C20H25N5O. The molecule has 6 heteroatoms. The number of nitrogens with one attached hydrogen (secondary N) is 2. The third kappa shape index (κ3) is 3.71. The van der Waals surface area contributed by atoms with Gasteiger partial charge in [-0.05, 0) is 57.1 Å². The molecular weight excluding hydrogens is 326 g/mol. The molecule has 0 bridgehead atoms. The van der Waals surface area contributed by atoms with Crippen molar-refractivity contribution in [3.05, 3.63) is 59.9 Å². The van der Waals surface area contributed by atoms with Crippen LogP contribution in [-0.2, 0) is 6.54 Å². The lowest BCUT2D eigenvalue weighted by Gasteiger charge is -2.26. The van der Waals surface area contributed by atoms with E-state index in [1.54, 1.807) is 6.20 Å². The Bertz CT molecular complexity index is 820. The predicted octanol–water partition coefficient (Wildman–Crippen LogP) is 3.30. The van der Waals surface area contributed by atoms with Crippen molar-refractivity contribution in [2.24, 2.45) is 0 Å². The first-order chi connectivity index (χ1) is 12.8. The fourth-order valence-corrected chi connectivity index (χ4v) is 3.64. The van der Waals surface area contributed by atoms with Gasteiger partial charge in [0.1, 0.15) is 11.5 Å². The second-order valence-corrected chi connectivity index (χ2v) is 6.85. The van der Waals surface area contributed by atoms with E-state index in [1.807, 2.05) is 31.5 Å². The van der Waals surface area contributed by atoms with E-state index >= 15 is 0 Å². The summed E-state index contributed by atoms with van der Waals surface area (Å²) in [5.41, 5.74) is 3.23. The van der Waals surface area contributed by atoms with E-state index in [2.05, 4.69) is 37.5 Å². The van der Waals surface area contributed by atoms with E-state index in [4.69, 9.17) is 4.42 Å². The van der Waals surface area contributed by atoms with E-state index in [1.165, 1.54) is 12.8 Å². The van der Waals surface area contributed by atoms with Crippen LogP contribution in [0.3, 0.4) is 0 Å². The molecule has 1 unspecified atom stereocenters. The SMILES string of the molecule is Cc1ccc(C(CNCc2cn[nH]c2-c2cccnc2)N2CCCC2)o1. The maximum absolute atomic E-state index is 5.93. The zero-order chi connectivity index (χ0) is 17.8. The van der Waals surface area contributed by atoms with Crippen LogP contribution in [0.5, 0.6) is 0 Å². The number of hydrogen-bond donors (Lipinski definition) is 2. The molecule has 6 nitrogen and oxygen atoms in total. The fraction of sp³-hybridized carbons (Fsp3) is 0.400. The Labute approximate surface area is 153 Å². The van der Waals surface area contributed by atoms with Gasteiger partial charge in [-0.2, -0.15) is 5.10 Å². The molecule has 136 valence electrons. The largest absolute Gasteiger partial charge is 0.465 e. The lowest BCUT2D eigenvalue weighted by molar-refractivity contribution is 0.207. The van der Waals surface area contributed by atoms with E-state index in [9.17, 15) is 0 Å². The number of aromatic amines is 1. The second kappa shape index (κ2) is 7.85. The van der Waals surface area contributed by atoms with E-state index < -0.39 is 0 Å². The van der Waals surface area contributed by atoms with Crippen LogP contribution in [0.15, 0.2) is 47.3 Å². The fourth-order valence-electron chi connectivity index (χ4n) is 3.64.